The Kier molecular flexibility index (Phi) is 4.44. The summed E-state index contributed by atoms with van der Waals surface area (Å²) in [6.07, 6.45) is 1.51. The first-order valence-corrected chi connectivity index (χ1v) is 8.76. The zero-order chi connectivity index (χ0) is 18.4. The van der Waals surface area contributed by atoms with E-state index in [1.165, 1.54) is 10.8 Å². The summed E-state index contributed by atoms with van der Waals surface area (Å²) in [5.74, 6) is -0.0821. The van der Waals surface area contributed by atoms with Crippen LogP contribution in [0.2, 0.25) is 0 Å². The van der Waals surface area contributed by atoms with Gasteiger partial charge in [-0.05, 0) is 49.2 Å². The Morgan fingerprint density at radius 1 is 1.40 bits per heavy atom. The molecule has 1 fully saturated rings. The number of carbonyl (C=O) groups is 2. The number of rotatable bonds is 2. The maximum absolute atomic E-state index is 12.9. The summed E-state index contributed by atoms with van der Waals surface area (Å²) in [5, 5.41) is 4.13. The molecule has 134 valence electrons. The second-order valence-electron chi connectivity index (χ2n) is 7.06. The molecule has 9 heteroatoms. The van der Waals surface area contributed by atoms with Crippen molar-refractivity contribution in [2.45, 2.75) is 32.8 Å². The standard InChI is InChI=1S/C16H20BrN5O3/c1-16(2,3)25-15(24)21-5-4-9(7-21)13(23)11-6-10(17)12-14(18)19-8-20-22(11)12/h6,8-9H,4-5,7H2,1-3H3,(H2,18,19,20). The minimum Gasteiger partial charge on any atom is -0.444 e. The van der Waals surface area contributed by atoms with Crippen molar-refractivity contribution in [1.82, 2.24) is 19.5 Å². The van der Waals surface area contributed by atoms with Crippen LogP contribution in [0.5, 0.6) is 0 Å². The molecule has 1 unspecified atom stereocenters. The lowest BCUT2D eigenvalue weighted by Crippen LogP contribution is -2.36. The van der Waals surface area contributed by atoms with Gasteiger partial charge in [-0.15, -0.1) is 0 Å². The summed E-state index contributed by atoms with van der Waals surface area (Å²) in [4.78, 5) is 30.6. The maximum Gasteiger partial charge on any atom is 0.410 e. The van der Waals surface area contributed by atoms with Gasteiger partial charge in [0.25, 0.3) is 0 Å². The van der Waals surface area contributed by atoms with Crippen LogP contribution in [0.25, 0.3) is 5.52 Å². The van der Waals surface area contributed by atoms with E-state index >= 15 is 0 Å². The molecule has 3 heterocycles. The number of anilines is 1. The number of ketones is 1. The van der Waals surface area contributed by atoms with E-state index in [0.29, 0.717) is 41.0 Å². The van der Waals surface area contributed by atoms with Gasteiger partial charge in [-0.2, -0.15) is 5.10 Å². The summed E-state index contributed by atoms with van der Waals surface area (Å²) in [7, 11) is 0. The molecule has 8 nitrogen and oxygen atoms in total. The van der Waals surface area contributed by atoms with Crippen molar-refractivity contribution < 1.29 is 14.3 Å². The number of nitrogen functional groups attached to an aromatic ring is 1. The van der Waals surface area contributed by atoms with Crippen LogP contribution in [0.4, 0.5) is 10.6 Å². The fourth-order valence-corrected chi connectivity index (χ4v) is 3.46. The van der Waals surface area contributed by atoms with Crippen LogP contribution in [0.1, 0.15) is 37.7 Å². The number of hydrogen-bond acceptors (Lipinski definition) is 6. The van der Waals surface area contributed by atoms with Crippen molar-refractivity contribution in [2.24, 2.45) is 5.92 Å². The highest BCUT2D eigenvalue weighted by Gasteiger charge is 2.35. The predicted octanol–water partition coefficient (Wildman–Crippen LogP) is 2.51. The topological polar surface area (TPSA) is 103 Å². The molecule has 1 saturated heterocycles. The average molecular weight is 410 g/mol. The number of fused-ring (bicyclic) bond motifs is 1. The van der Waals surface area contributed by atoms with E-state index in [9.17, 15) is 9.59 Å². The molecule has 1 atom stereocenters. The Labute approximate surface area is 153 Å². The van der Waals surface area contributed by atoms with Crippen molar-refractivity contribution >= 4 is 39.1 Å². The molecule has 25 heavy (non-hydrogen) atoms. The Hall–Kier alpha value is -2.16. The number of aromatic nitrogens is 3. The molecule has 1 aliphatic heterocycles. The minimum absolute atomic E-state index is 0.0788. The predicted molar refractivity (Wildman–Crippen MR) is 95.3 cm³/mol. The Morgan fingerprint density at radius 2 is 2.12 bits per heavy atom. The van der Waals surface area contributed by atoms with E-state index in [2.05, 4.69) is 26.0 Å². The molecule has 2 N–H and O–H groups in total. The highest BCUT2D eigenvalue weighted by Crippen LogP contribution is 2.29. The van der Waals surface area contributed by atoms with Gasteiger partial charge in [-0.1, -0.05) is 0 Å². The van der Waals surface area contributed by atoms with Crippen molar-refractivity contribution in [3.63, 3.8) is 0 Å². The van der Waals surface area contributed by atoms with Gasteiger partial charge in [0.05, 0.1) is 0 Å². The number of halogens is 1. The fraction of sp³-hybridized carbons (Fsp3) is 0.500. The second-order valence-corrected chi connectivity index (χ2v) is 7.91. The lowest BCUT2D eigenvalue weighted by atomic mass is 10.0. The molecular formula is C16H20BrN5O3. The molecule has 1 aliphatic rings. The van der Waals surface area contributed by atoms with Crippen LogP contribution in [-0.2, 0) is 4.74 Å². The zero-order valence-corrected chi connectivity index (χ0v) is 15.9. The molecule has 0 aromatic carbocycles. The smallest absolute Gasteiger partial charge is 0.410 e. The molecule has 1 amide bonds. The summed E-state index contributed by atoms with van der Waals surface area (Å²) >= 11 is 3.40. The minimum atomic E-state index is -0.559. The van der Waals surface area contributed by atoms with Crippen LogP contribution in [-0.4, -0.2) is 50.1 Å². The molecule has 0 spiro atoms. The van der Waals surface area contributed by atoms with Gasteiger partial charge in [-0.3, -0.25) is 4.79 Å². The third-order valence-corrected chi connectivity index (χ3v) is 4.60. The monoisotopic (exact) mass is 409 g/mol. The Morgan fingerprint density at radius 3 is 2.80 bits per heavy atom. The molecule has 0 saturated carbocycles. The Balaban J connectivity index is 1.79. The van der Waals surface area contributed by atoms with Crippen molar-refractivity contribution in [3.8, 4) is 0 Å². The van der Waals surface area contributed by atoms with Crippen LogP contribution in [0.15, 0.2) is 16.9 Å². The number of carbonyl (C=O) groups excluding carboxylic acids is 2. The maximum atomic E-state index is 12.9. The van der Waals surface area contributed by atoms with E-state index in [-0.39, 0.29) is 11.7 Å². The lowest BCUT2D eigenvalue weighted by Gasteiger charge is -2.24. The number of amides is 1. The number of nitrogens with zero attached hydrogens (tertiary/aromatic N) is 4. The summed E-state index contributed by atoms with van der Waals surface area (Å²) < 4.78 is 7.53. The first-order chi connectivity index (χ1) is 11.7. The molecule has 2 aromatic rings. The largest absolute Gasteiger partial charge is 0.444 e. The number of nitrogens with two attached hydrogens (primary N) is 1. The van der Waals surface area contributed by atoms with Gasteiger partial charge in [0.15, 0.2) is 11.6 Å². The second kappa shape index (κ2) is 6.29. The van der Waals surface area contributed by atoms with Crippen LogP contribution in [0, 0.1) is 5.92 Å². The van der Waals surface area contributed by atoms with Gasteiger partial charge in [0, 0.05) is 23.5 Å². The highest BCUT2D eigenvalue weighted by atomic mass is 79.9. The van der Waals surface area contributed by atoms with Gasteiger partial charge in [0.1, 0.15) is 23.1 Å². The lowest BCUT2D eigenvalue weighted by molar-refractivity contribution is 0.0289. The first-order valence-electron chi connectivity index (χ1n) is 7.97. The van der Waals surface area contributed by atoms with Crippen molar-refractivity contribution in [2.75, 3.05) is 18.8 Å². The zero-order valence-electron chi connectivity index (χ0n) is 14.3. The molecule has 0 radical (unpaired) electrons. The molecule has 2 aromatic heterocycles. The van der Waals surface area contributed by atoms with Gasteiger partial charge >= 0.3 is 6.09 Å². The normalized spacial score (nSPS) is 17.9. The van der Waals surface area contributed by atoms with Crippen molar-refractivity contribution in [3.05, 3.63) is 22.6 Å². The average Bonchev–Trinajstić information content (AvgIpc) is 3.11. The van der Waals surface area contributed by atoms with Crippen LogP contribution in [0.3, 0.4) is 0 Å². The third kappa shape index (κ3) is 3.46. The van der Waals surface area contributed by atoms with E-state index in [1.807, 2.05) is 20.8 Å². The summed E-state index contributed by atoms with van der Waals surface area (Å²) in [5.41, 5.74) is 6.29. The number of Topliss-reactive ketones (excluding diaryl/α,β-unsaturated/α-hetero) is 1. The van der Waals surface area contributed by atoms with E-state index in [4.69, 9.17) is 10.5 Å². The Bertz CT molecular complexity index is 842. The number of ether oxygens (including phenoxy) is 1. The molecule has 0 aliphatic carbocycles. The van der Waals surface area contributed by atoms with E-state index in [1.54, 1.807) is 11.0 Å². The van der Waals surface area contributed by atoms with Crippen LogP contribution >= 0.6 is 15.9 Å². The number of hydrogen-bond donors (Lipinski definition) is 1. The fourth-order valence-electron chi connectivity index (χ4n) is 2.87. The van der Waals surface area contributed by atoms with E-state index < -0.39 is 11.7 Å². The molecule has 3 rings (SSSR count). The third-order valence-electron chi connectivity index (χ3n) is 4.00. The summed E-state index contributed by atoms with van der Waals surface area (Å²) in [6, 6.07) is 1.69. The van der Waals surface area contributed by atoms with Gasteiger partial charge in [0.2, 0.25) is 0 Å². The van der Waals surface area contributed by atoms with E-state index in [0.717, 1.165) is 0 Å². The number of likely N-dealkylation sites (tertiary alicyclic amines) is 1. The van der Waals surface area contributed by atoms with Gasteiger partial charge < -0.3 is 15.4 Å². The molecular weight excluding hydrogens is 390 g/mol. The highest BCUT2D eigenvalue weighted by molar-refractivity contribution is 9.10. The summed E-state index contributed by atoms with van der Waals surface area (Å²) in [6.45, 7) is 6.28. The van der Waals surface area contributed by atoms with Crippen LogP contribution < -0.4 is 5.73 Å². The SMILES string of the molecule is CC(C)(C)OC(=O)N1CCC(C(=O)c2cc(Br)c3c(N)ncnn23)C1. The quantitative estimate of drug-likeness (QED) is 0.764. The van der Waals surface area contributed by atoms with Crippen molar-refractivity contribution in [1.29, 1.82) is 0 Å². The molecule has 0 bridgehead atoms. The first kappa shape index (κ1) is 17.7. The van der Waals surface area contributed by atoms with Gasteiger partial charge in [-0.25, -0.2) is 14.3 Å².